The van der Waals surface area contributed by atoms with Gasteiger partial charge in [0.1, 0.15) is 0 Å². The van der Waals surface area contributed by atoms with Crippen LogP contribution in [0.1, 0.15) is 34.3 Å². The Labute approximate surface area is 147 Å². The number of para-hydroxylation sites is 1. The lowest BCUT2D eigenvalue weighted by molar-refractivity contribution is -0.116. The number of rotatable bonds is 5. The molecule has 3 nitrogen and oxygen atoms in total. The van der Waals surface area contributed by atoms with E-state index in [0.717, 1.165) is 11.1 Å². The number of amides is 1. The summed E-state index contributed by atoms with van der Waals surface area (Å²) in [6.07, 6.45) is 0. The Kier molecular flexibility index (Phi) is 5.05. The summed E-state index contributed by atoms with van der Waals surface area (Å²) < 4.78 is 0. The maximum Gasteiger partial charge on any atom is 0.236 e. The number of anilines is 1. The third-order valence-electron chi connectivity index (χ3n) is 4.09. The Morgan fingerprint density at radius 3 is 1.72 bits per heavy atom. The van der Waals surface area contributed by atoms with Crippen molar-refractivity contribution in [3.8, 4) is 0 Å². The van der Waals surface area contributed by atoms with E-state index < -0.39 is 5.92 Å². The van der Waals surface area contributed by atoms with Gasteiger partial charge in [-0.15, -0.1) is 0 Å². The van der Waals surface area contributed by atoms with Gasteiger partial charge in [0.15, 0.2) is 5.78 Å². The van der Waals surface area contributed by atoms with Gasteiger partial charge in [-0.05, 0) is 30.2 Å². The molecule has 3 rings (SSSR count). The molecule has 0 heterocycles. The third-order valence-corrected chi connectivity index (χ3v) is 4.09. The minimum atomic E-state index is -0.442. The fourth-order valence-electron chi connectivity index (χ4n) is 2.89. The van der Waals surface area contributed by atoms with Gasteiger partial charge in [0.05, 0.1) is 11.6 Å². The molecular weight excluding hydrogens is 310 g/mol. The predicted molar refractivity (Wildman–Crippen MR) is 99.8 cm³/mol. The van der Waals surface area contributed by atoms with Gasteiger partial charge in [0.25, 0.3) is 0 Å². The summed E-state index contributed by atoms with van der Waals surface area (Å²) in [7, 11) is 0. The Bertz CT molecular complexity index is 833. The summed E-state index contributed by atoms with van der Waals surface area (Å²) in [4.78, 5) is 24.9. The summed E-state index contributed by atoms with van der Waals surface area (Å²) in [5.74, 6) is -0.680. The third kappa shape index (κ3) is 3.83. The first-order valence-corrected chi connectivity index (χ1v) is 8.17. The summed E-state index contributed by atoms with van der Waals surface area (Å²) in [5, 5.41) is 2.93. The van der Waals surface area contributed by atoms with Crippen molar-refractivity contribution in [2.24, 2.45) is 0 Å². The normalized spacial score (nSPS) is 10.5. The molecular formula is C22H19NO2. The van der Waals surface area contributed by atoms with Crippen molar-refractivity contribution in [1.82, 2.24) is 0 Å². The van der Waals surface area contributed by atoms with Gasteiger partial charge in [-0.1, -0.05) is 72.8 Å². The van der Waals surface area contributed by atoms with Gasteiger partial charge in [-0.2, -0.15) is 0 Å². The molecule has 0 aliphatic rings. The molecule has 1 amide bonds. The zero-order valence-corrected chi connectivity index (χ0v) is 14.0. The molecule has 124 valence electrons. The molecule has 0 saturated carbocycles. The Morgan fingerprint density at radius 2 is 1.20 bits per heavy atom. The zero-order chi connectivity index (χ0) is 17.6. The molecule has 0 aliphatic carbocycles. The Balaban J connectivity index is 1.98. The minimum absolute atomic E-state index is 0.0770. The first-order chi connectivity index (χ1) is 12.2. The minimum Gasteiger partial charge on any atom is -0.325 e. The lowest BCUT2D eigenvalue weighted by Gasteiger charge is -2.19. The van der Waals surface area contributed by atoms with Crippen molar-refractivity contribution in [2.45, 2.75) is 12.8 Å². The molecule has 3 aromatic rings. The Morgan fingerprint density at radius 1 is 0.720 bits per heavy atom. The summed E-state index contributed by atoms with van der Waals surface area (Å²) >= 11 is 0. The number of ketones is 1. The van der Waals surface area contributed by atoms with E-state index in [-0.39, 0.29) is 11.7 Å². The lowest BCUT2D eigenvalue weighted by atomic mass is 9.90. The van der Waals surface area contributed by atoms with Gasteiger partial charge in [0.2, 0.25) is 5.91 Å². The number of benzene rings is 3. The molecule has 0 unspecified atom stereocenters. The van der Waals surface area contributed by atoms with Crippen molar-refractivity contribution >= 4 is 17.4 Å². The topological polar surface area (TPSA) is 46.2 Å². The molecule has 0 aliphatic heterocycles. The number of Topliss-reactive ketones (excluding diaryl/α,β-unsaturated/α-hetero) is 1. The van der Waals surface area contributed by atoms with Gasteiger partial charge < -0.3 is 5.32 Å². The molecule has 1 N–H and O–H groups in total. The fraction of sp³-hybridized carbons (Fsp3) is 0.0909. The molecule has 0 fully saturated rings. The Hall–Kier alpha value is -3.20. The van der Waals surface area contributed by atoms with E-state index in [1.54, 1.807) is 18.2 Å². The first-order valence-electron chi connectivity index (χ1n) is 8.17. The van der Waals surface area contributed by atoms with Crippen molar-refractivity contribution in [3.63, 3.8) is 0 Å². The maximum atomic E-state index is 13.1. The van der Waals surface area contributed by atoms with E-state index in [9.17, 15) is 9.59 Å². The van der Waals surface area contributed by atoms with Crippen LogP contribution in [0.5, 0.6) is 0 Å². The van der Waals surface area contributed by atoms with Crippen LogP contribution >= 0.6 is 0 Å². The van der Waals surface area contributed by atoms with Crippen LogP contribution in [0.2, 0.25) is 0 Å². The van der Waals surface area contributed by atoms with Gasteiger partial charge in [0, 0.05) is 5.56 Å². The second-order valence-electron chi connectivity index (χ2n) is 5.85. The average molecular weight is 329 g/mol. The number of nitrogens with one attached hydrogen (secondary N) is 1. The van der Waals surface area contributed by atoms with Crippen LogP contribution in [0.25, 0.3) is 0 Å². The zero-order valence-electron chi connectivity index (χ0n) is 14.0. The average Bonchev–Trinajstić information content (AvgIpc) is 2.64. The van der Waals surface area contributed by atoms with E-state index >= 15 is 0 Å². The molecule has 0 bridgehead atoms. The molecule has 25 heavy (non-hydrogen) atoms. The highest BCUT2D eigenvalue weighted by molar-refractivity contribution is 6.05. The maximum absolute atomic E-state index is 13.1. The highest BCUT2D eigenvalue weighted by Gasteiger charge is 2.23. The number of carbonyl (C=O) groups is 2. The van der Waals surface area contributed by atoms with Crippen molar-refractivity contribution in [3.05, 3.63) is 102 Å². The first kappa shape index (κ1) is 16.7. The molecule has 0 spiro atoms. The molecule has 3 heteroatoms. The van der Waals surface area contributed by atoms with Crippen LogP contribution in [0.3, 0.4) is 0 Å². The number of hydrogen-bond acceptors (Lipinski definition) is 2. The number of carbonyl (C=O) groups excluding carboxylic acids is 2. The van der Waals surface area contributed by atoms with Gasteiger partial charge in [-0.3, -0.25) is 9.59 Å². The largest absolute Gasteiger partial charge is 0.325 e. The van der Waals surface area contributed by atoms with E-state index in [1.165, 1.54) is 6.92 Å². The highest BCUT2D eigenvalue weighted by Crippen LogP contribution is 2.27. The van der Waals surface area contributed by atoms with Gasteiger partial charge in [-0.25, -0.2) is 0 Å². The van der Waals surface area contributed by atoms with Crippen LogP contribution in [-0.2, 0) is 4.79 Å². The smallest absolute Gasteiger partial charge is 0.236 e. The van der Waals surface area contributed by atoms with Crippen molar-refractivity contribution in [1.29, 1.82) is 0 Å². The van der Waals surface area contributed by atoms with E-state index in [2.05, 4.69) is 5.32 Å². The van der Waals surface area contributed by atoms with Crippen molar-refractivity contribution in [2.75, 3.05) is 5.32 Å². The molecule has 0 aromatic heterocycles. The summed E-state index contributed by atoms with van der Waals surface area (Å²) in [6, 6.07) is 26.3. The standard InChI is InChI=1S/C22H19NO2/c1-16(24)19-14-8-9-15-20(19)23-22(25)21(17-10-4-2-5-11-17)18-12-6-3-7-13-18/h2-15,21H,1H3,(H,23,25). The quantitative estimate of drug-likeness (QED) is 0.692. The molecule has 3 aromatic carbocycles. The predicted octanol–water partition coefficient (Wildman–Crippen LogP) is 4.66. The van der Waals surface area contributed by atoms with Crippen LogP contribution in [-0.4, -0.2) is 11.7 Å². The van der Waals surface area contributed by atoms with Crippen LogP contribution in [0, 0.1) is 0 Å². The van der Waals surface area contributed by atoms with Crippen LogP contribution in [0.15, 0.2) is 84.9 Å². The van der Waals surface area contributed by atoms with E-state index in [4.69, 9.17) is 0 Å². The molecule has 0 atom stereocenters. The summed E-state index contributed by atoms with van der Waals surface area (Å²) in [5.41, 5.74) is 2.87. The van der Waals surface area contributed by atoms with Crippen molar-refractivity contribution < 1.29 is 9.59 Å². The number of hydrogen-bond donors (Lipinski definition) is 1. The second-order valence-corrected chi connectivity index (χ2v) is 5.85. The fourth-order valence-corrected chi connectivity index (χ4v) is 2.89. The SMILES string of the molecule is CC(=O)c1ccccc1NC(=O)C(c1ccccc1)c1ccccc1. The van der Waals surface area contributed by atoms with Crippen LogP contribution in [0.4, 0.5) is 5.69 Å². The molecule has 0 saturated heterocycles. The van der Waals surface area contributed by atoms with E-state index in [0.29, 0.717) is 11.3 Å². The second kappa shape index (κ2) is 7.58. The van der Waals surface area contributed by atoms with E-state index in [1.807, 2.05) is 66.7 Å². The van der Waals surface area contributed by atoms with Gasteiger partial charge >= 0.3 is 0 Å². The lowest BCUT2D eigenvalue weighted by Crippen LogP contribution is -2.23. The highest BCUT2D eigenvalue weighted by atomic mass is 16.2. The summed E-state index contributed by atoms with van der Waals surface area (Å²) in [6.45, 7) is 1.50. The monoisotopic (exact) mass is 329 g/mol. The van der Waals surface area contributed by atoms with Crippen LogP contribution < -0.4 is 5.32 Å². The molecule has 0 radical (unpaired) electrons.